The number of rotatable bonds is 3. The Hall–Kier alpha value is -0.870. The Morgan fingerprint density at radius 1 is 1.50 bits per heavy atom. The summed E-state index contributed by atoms with van der Waals surface area (Å²) >= 11 is 5.68. The van der Waals surface area contributed by atoms with Crippen molar-refractivity contribution in [2.24, 2.45) is 0 Å². The number of anilines is 1. The van der Waals surface area contributed by atoms with Crippen LogP contribution in [0.5, 0.6) is 0 Å². The molecule has 1 fully saturated rings. The Bertz CT molecular complexity index is 296. The summed E-state index contributed by atoms with van der Waals surface area (Å²) in [6, 6.07) is 4.24. The number of aromatic nitrogens is 2. The van der Waals surface area contributed by atoms with Gasteiger partial charge in [0.2, 0.25) is 0 Å². The first-order valence-electron chi connectivity index (χ1n) is 4.78. The van der Waals surface area contributed by atoms with Crippen LogP contribution in [0.2, 0.25) is 5.15 Å². The fourth-order valence-electron chi connectivity index (χ4n) is 1.56. The Morgan fingerprint density at radius 2 is 2.29 bits per heavy atom. The fraction of sp³-hybridized carbons (Fsp3) is 0.556. The lowest BCUT2D eigenvalue weighted by molar-refractivity contribution is 0.414. The third kappa shape index (κ3) is 1.81. The lowest BCUT2D eigenvalue weighted by Gasteiger charge is -2.38. The molecule has 0 radical (unpaired) electrons. The zero-order chi connectivity index (χ0) is 9.97. The average molecular weight is 213 g/mol. The van der Waals surface area contributed by atoms with Gasteiger partial charge in [-0.25, -0.2) is 0 Å². The Kier molecular flexibility index (Phi) is 2.84. The molecular formula is C9H13ClN4. The zero-order valence-corrected chi connectivity index (χ0v) is 8.83. The number of hydrogen-bond donors (Lipinski definition) is 1. The SMILES string of the molecule is CCN(c1ccc(Cl)nn1)C1CNC1. The van der Waals surface area contributed by atoms with Crippen LogP contribution in [-0.4, -0.2) is 35.9 Å². The second kappa shape index (κ2) is 4.11. The van der Waals surface area contributed by atoms with Crippen molar-refractivity contribution in [1.29, 1.82) is 0 Å². The molecule has 1 aromatic heterocycles. The normalized spacial score (nSPS) is 16.4. The largest absolute Gasteiger partial charge is 0.350 e. The van der Waals surface area contributed by atoms with E-state index in [1.165, 1.54) is 0 Å². The van der Waals surface area contributed by atoms with E-state index < -0.39 is 0 Å². The first-order valence-corrected chi connectivity index (χ1v) is 5.15. The van der Waals surface area contributed by atoms with Crippen LogP contribution in [-0.2, 0) is 0 Å². The smallest absolute Gasteiger partial charge is 0.151 e. The van der Waals surface area contributed by atoms with Gasteiger partial charge in [-0.1, -0.05) is 11.6 Å². The van der Waals surface area contributed by atoms with Gasteiger partial charge in [0.25, 0.3) is 0 Å². The minimum atomic E-state index is 0.441. The molecule has 0 spiro atoms. The highest BCUT2D eigenvalue weighted by atomic mass is 35.5. The first-order chi connectivity index (χ1) is 6.81. The second-order valence-corrected chi connectivity index (χ2v) is 3.70. The van der Waals surface area contributed by atoms with Crippen molar-refractivity contribution in [3.8, 4) is 0 Å². The van der Waals surface area contributed by atoms with Crippen LogP contribution >= 0.6 is 11.6 Å². The van der Waals surface area contributed by atoms with Gasteiger partial charge in [-0.3, -0.25) is 0 Å². The van der Waals surface area contributed by atoms with Gasteiger partial charge < -0.3 is 10.2 Å². The second-order valence-electron chi connectivity index (χ2n) is 3.31. The predicted octanol–water partition coefficient (Wildman–Crippen LogP) is 0.928. The average Bonchev–Trinajstić information content (AvgIpc) is 2.13. The van der Waals surface area contributed by atoms with E-state index in [9.17, 15) is 0 Å². The van der Waals surface area contributed by atoms with Crippen molar-refractivity contribution >= 4 is 17.4 Å². The van der Waals surface area contributed by atoms with E-state index in [0.29, 0.717) is 11.2 Å². The maximum Gasteiger partial charge on any atom is 0.151 e. The number of nitrogens with zero attached hydrogens (tertiary/aromatic N) is 3. The minimum absolute atomic E-state index is 0.441. The van der Waals surface area contributed by atoms with Crippen LogP contribution < -0.4 is 10.2 Å². The van der Waals surface area contributed by atoms with E-state index in [-0.39, 0.29) is 0 Å². The Balaban J connectivity index is 2.14. The van der Waals surface area contributed by atoms with Gasteiger partial charge in [0.15, 0.2) is 11.0 Å². The summed E-state index contributed by atoms with van der Waals surface area (Å²) in [5.74, 6) is 0.906. The molecule has 0 aromatic carbocycles. The van der Waals surface area contributed by atoms with Crippen molar-refractivity contribution in [3.63, 3.8) is 0 Å². The summed E-state index contributed by atoms with van der Waals surface area (Å²) < 4.78 is 0. The molecule has 1 aromatic rings. The van der Waals surface area contributed by atoms with Gasteiger partial charge in [-0.2, -0.15) is 0 Å². The summed E-state index contributed by atoms with van der Waals surface area (Å²) in [7, 11) is 0. The molecule has 14 heavy (non-hydrogen) atoms. The molecule has 2 heterocycles. The molecule has 0 unspecified atom stereocenters. The quantitative estimate of drug-likeness (QED) is 0.810. The molecule has 1 aliphatic rings. The van der Waals surface area contributed by atoms with Gasteiger partial charge in [0, 0.05) is 19.6 Å². The van der Waals surface area contributed by atoms with E-state index in [2.05, 4.69) is 27.3 Å². The van der Waals surface area contributed by atoms with E-state index >= 15 is 0 Å². The van der Waals surface area contributed by atoms with Crippen LogP contribution in [0.1, 0.15) is 6.92 Å². The van der Waals surface area contributed by atoms with E-state index in [1.54, 1.807) is 6.07 Å². The molecule has 0 atom stereocenters. The van der Waals surface area contributed by atoms with Crippen molar-refractivity contribution in [2.45, 2.75) is 13.0 Å². The third-order valence-electron chi connectivity index (χ3n) is 2.45. The monoisotopic (exact) mass is 212 g/mol. The molecule has 0 bridgehead atoms. The van der Waals surface area contributed by atoms with Gasteiger partial charge in [0.05, 0.1) is 6.04 Å². The standard InChI is InChI=1S/C9H13ClN4/c1-2-14(7-5-11-6-7)9-4-3-8(10)12-13-9/h3-4,7,11H,2,5-6H2,1H3. The molecule has 1 saturated heterocycles. The fourth-order valence-corrected chi connectivity index (χ4v) is 1.66. The lowest BCUT2D eigenvalue weighted by atomic mass is 10.1. The molecule has 5 heteroatoms. The molecule has 4 nitrogen and oxygen atoms in total. The summed E-state index contributed by atoms with van der Waals surface area (Å²) in [6.07, 6.45) is 0. The number of halogens is 1. The summed E-state index contributed by atoms with van der Waals surface area (Å²) in [4.78, 5) is 2.24. The third-order valence-corrected chi connectivity index (χ3v) is 2.66. The molecule has 76 valence electrons. The van der Waals surface area contributed by atoms with Crippen molar-refractivity contribution < 1.29 is 0 Å². The van der Waals surface area contributed by atoms with Gasteiger partial charge in [-0.05, 0) is 19.1 Å². The summed E-state index contributed by atoms with van der Waals surface area (Å²) in [6.45, 7) is 5.12. The van der Waals surface area contributed by atoms with Crippen LogP contribution in [0.15, 0.2) is 12.1 Å². The van der Waals surface area contributed by atoms with Crippen molar-refractivity contribution in [1.82, 2.24) is 15.5 Å². The highest BCUT2D eigenvalue weighted by Crippen LogP contribution is 2.16. The van der Waals surface area contributed by atoms with Gasteiger partial charge in [-0.15, -0.1) is 10.2 Å². The molecule has 1 aliphatic heterocycles. The van der Waals surface area contributed by atoms with E-state index in [1.807, 2.05) is 6.07 Å². The maximum absolute atomic E-state index is 5.68. The molecular weight excluding hydrogens is 200 g/mol. The van der Waals surface area contributed by atoms with E-state index in [0.717, 1.165) is 25.5 Å². The first kappa shape index (κ1) is 9.68. The minimum Gasteiger partial charge on any atom is -0.350 e. The molecule has 2 rings (SSSR count). The highest BCUT2D eigenvalue weighted by molar-refractivity contribution is 6.29. The predicted molar refractivity (Wildman–Crippen MR) is 56.7 cm³/mol. The Labute approximate surface area is 88.3 Å². The summed E-state index contributed by atoms with van der Waals surface area (Å²) in [5.41, 5.74) is 0. The van der Waals surface area contributed by atoms with Crippen molar-refractivity contribution in [2.75, 3.05) is 24.5 Å². The van der Waals surface area contributed by atoms with Crippen LogP contribution in [0, 0.1) is 0 Å². The van der Waals surface area contributed by atoms with Crippen LogP contribution in [0.4, 0.5) is 5.82 Å². The van der Waals surface area contributed by atoms with Gasteiger partial charge in [0.1, 0.15) is 0 Å². The topological polar surface area (TPSA) is 41.1 Å². The van der Waals surface area contributed by atoms with E-state index in [4.69, 9.17) is 11.6 Å². The van der Waals surface area contributed by atoms with Crippen LogP contribution in [0.3, 0.4) is 0 Å². The number of likely N-dealkylation sites (N-methyl/N-ethyl adjacent to an activating group) is 1. The Morgan fingerprint density at radius 3 is 2.71 bits per heavy atom. The molecule has 0 amide bonds. The number of hydrogen-bond acceptors (Lipinski definition) is 4. The molecule has 0 aliphatic carbocycles. The zero-order valence-electron chi connectivity index (χ0n) is 8.07. The van der Waals surface area contributed by atoms with Gasteiger partial charge >= 0.3 is 0 Å². The highest BCUT2D eigenvalue weighted by Gasteiger charge is 2.24. The summed E-state index contributed by atoms with van der Waals surface area (Å²) in [5, 5.41) is 11.6. The molecule has 0 saturated carbocycles. The lowest BCUT2D eigenvalue weighted by Crippen LogP contribution is -2.57. The van der Waals surface area contributed by atoms with Crippen LogP contribution in [0.25, 0.3) is 0 Å². The van der Waals surface area contributed by atoms with Crippen molar-refractivity contribution in [3.05, 3.63) is 17.3 Å². The molecule has 1 N–H and O–H groups in total. The maximum atomic E-state index is 5.68. The number of nitrogens with one attached hydrogen (secondary N) is 1.